The third-order valence-electron chi connectivity index (χ3n) is 3.51. The maximum atomic E-state index is 11.5. The quantitative estimate of drug-likeness (QED) is 0.730. The summed E-state index contributed by atoms with van der Waals surface area (Å²) in [5.41, 5.74) is 3.66. The van der Waals surface area contributed by atoms with E-state index in [1.165, 1.54) is 6.92 Å². The highest BCUT2D eigenvalue weighted by molar-refractivity contribution is 5.93. The van der Waals surface area contributed by atoms with Gasteiger partial charge in [-0.3, -0.25) is 4.79 Å². The second-order valence-electron chi connectivity index (χ2n) is 5.03. The number of phenolic OH excluding ortho intramolecular Hbond substituents is 1. The van der Waals surface area contributed by atoms with Crippen molar-refractivity contribution in [3.8, 4) is 28.1 Å². The summed E-state index contributed by atoms with van der Waals surface area (Å²) in [4.78, 5) is 16.0. The number of ketones is 1. The lowest BCUT2D eigenvalue weighted by atomic mass is 9.96. The lowest BCUT2D eigenvalue weighted by Crippen LogP contribution is -1.98. The van der Waals surface area contributed by atoms with Crippen molar-refractivity contribution in [1.82, 2.24) is 4.98 Å². The van der Waals surface area contributed by atoms with E-state index >= 15 is 0 Å². The van der Waals surface area contributed by atoms with Gasteiger partial charge in [0.2, 0.25) is 0 Å². The maximum Gasteiger partial charge on any atom is 0.178 e. The monoisotopic (exact) mass is 289 g/mol. The van der Waals surface area contributed by atoms with E-state index in [2.05, 4.69) is 4.98 Å². The number of para-hydroxylation sites is 1. The van der Waals surface area contributed by atoms with Crippen LogP contribution in [-0.2, 0) is 0 Å². The molecule has 108 valence electrons. The van der Waals surface area contributed by atoms with E-state index in [4.69, 9.17) is 0 Å². The molecule has 0 aliphatic rings. The summed E-state index contributed by atoms with van der Waals surface area (Å²) >= 11 is 0. The molecule has 2 aromatic carbocycles. The standard InChI is InChI=1S/C19H15NO2/c1-13(21)17-10-6-11-18(20-17)15-8-3-2-7-14(15)16-9-4-5-12-19(16)22/h2-12,22H,1H3. The number of rotatable bonds is 3. The molecule has 0 atom stereocenters. The fourth-order valence-corrected chi connectivity index (χ4v) is 2.42. The first-order chi connectivity index (χ1) is 10.7. The Morgan fingerprint density at radius 3 is 2.14 bits per heavy atom. The van der Waals surface area contributed by atoms with Gasteiger partial charge in [-0.05, 0) is 23.8 Å². The Hall–Kier alpha value is -2.94. The van der Waals surface area contributed by atoms with Crippen LogP contribution in [0.15, 0.2) is 66.7 Å². The number of aromatic nitrogens is 1. The molecule has 0 unspecified atom stereocenters. The fourth-order valence-electron chi connectivity index (χ4n) is 2.42. The molecule has 0 fully saturated rings. The van der Waals surface area contributed by atoms with E-state index in [1.807, 2.05) is 48.5 Å². The molecule has 3 heteroatoms. The second-order valence-corrected chi connectivity index (χ2v) is 5.03. The van der Waals surface area contributed by atoms with Crippen LogP contribution < -0.4 is 0 Å². The van der Waals surface area contributed by atoms with Crippen LogP contribution in [0.3, 0.4) is 0 Å². The topological polar surface area (TPSA) is 50.2 Å². The number of phenols is 1. The van der Waals surface area contributed by atoms with E-state index in [-0.39, 0.29) is 11.5 Å². The molecule has 0 bridgehead atoms. The number of nitrogens with zero attached hydrogens (tertiary/aromatic N) is 1. The highest BCUT2D eigenvalue weighted by Gasteiger charge is 2.12. The second kappa shape index (κ2) is 5.82. The smallest absolute Gasteiger partial charge is 0.178 e. The predicted octanol–water partition coefficient (Wildman–Crippen LogP) is 4.32. The predicted molar refractivity (Wildman–Crippen MR) is 86.8 cm³/mol. The molecule has 3 nitrogen and oxygen atoms in total. The molecule has 0 radical (unpaired) electrons. The Labute approximate surface area is 128 Å². The number of hydrogen-bond acceptors (Lipinski definition) is 3. The van der Waals surface area contributed by atoms with Crippen LogP contribution in [0.1, 0.15) is 17.4 Å². The number of hydrogen-bond donors (Lipinski definition) is 1. The normalized spacial score (nSPS) is 10.4. The van der Waals surface area contributed by atoms with Crippen LogP contribution in [-0.4, -0.2) is 15.9 Å². The summed E-state index contributed by atoms with van der Waals surface area (Å²) < 4.78 is 0. The van der Waals surface area contributed by atoms with Crippen molar-refractivity contribution in [1.29, 1.82) is 0 Å². The Bertz CT molecular complexity index is 840. The number of Topliss-reactive ketones (excluding diaryl/α,β-unsaturated/α-hetero) is 1. The van der Waals surface area contributed by atoms with E-state index in [0.29, 0.717) is 11.4 Å². The van der Waals surface area contributed by atoms with Crippen LogP contribution >= 0.6 is 0 Å². The van der Waals surface area contributed by atoms with Crippen molar-refractivity contribution in [3.05, 3.63) is 72.4 Å². The van der Waals surface area contributed by atoms with Crippen LogP contribution in [0, 0.1) is 0 Å². The summed E-state index contributed by atoms with van der Waals surface area (Å²) in [6, 6.07) is 20.3. The molecule has 3 rings (SSSR count). The first-order valence-electron chi connectivity index (χ1n) is 7.02. The van der Waals surface area contributed by atoms with Crippen molar-refractivity contribution in [2.24, 2.45) is 0 Å². The van der Waals surface area contributed by atoms with E-state index < -0.39 is 0 Å². The molecule has 0 amide bonds. The zero-order valence-corrected chi connectivity index (χ0v) is 12.2. The largest absolute Gasteiger partial charge is 0.507 e. The Kier molecular flexibility index (Phi) is 3.71. The van der Waals surface area contributed by atoms with Crippen LogP contribution in [0.25, 0.3) is 22.4 Å². The number of pyridine rings is 1. The highest BCUT2D eigenvalue weighted by Crippen LogP contribution is 2.35. The first kappa shape index (κ1) is 14.0. The third-order valence-corrected chi connectivity index (χ3v) is 3.51. The van der Waals surface area contributed by atoms with Gasteiger partial charge in [0.05, 0.1) is 5.69 Å². The molecule has 0 spiro atoms. The first-order valence-corrected chi connectivity index (χ1v) is 7.02. The molecule has 1 N–H and O–H groups in total. The van der Waals surface area contributed by atoms with Gasteiger partial charge in [0.1, 0.15) is 11.4 Å². The minimum atomic E-state index is -0.0677. The Balaban J connectivity index is 2.19. The van der Waals surface area contributed by atoms with E-state index in [1.54, 1.807) is 18.2 Å². The minimum Gasteiger partial charge on any atom is -0.507 e. The lowest BCUT2D eigenvalue weighted by Gasteiger charge is -2.11. The average molecular weight is 289 g/mol. The summed E-state index contributed by atoms with van der Waals surface area (Å²) in [7, 11) is 0. The van der Waals surface area contributed by atoms with Crippen molar-refractivity contribution in [3.63, 3.8) is 0 Å². The van der Waals surface area contributed by atoms with Gasteiger partial charge < -0.3 is 5.11 Å². The molecule has 1 aromatic heterocycles. The molecule has 0 saturated heterocycles. The van der Waals surface area contributed by atoms with Gasteiger partial charge in [-0.15, -0.1) is 0 Å². The van der Waals surface area contributed by atoms with Gasteiger partial charge in [-0.1, -0.05) is 48.5 Å². The molecule has 1 heterocycles. The van der Waals surface area contributed by atoms with Gasteiger partial charge in [-0.2, -0.15) is 0 Å². The van der Waals surface area contributed by atoms with Crippen molar-refractivity contribution < 1.29 is 9.90 Å². The van der Waals surface area contributed by atoms with Crippen molar-refractivity contribution in [2.45, 2.75) is 6.92 Å². The third kappa shape index (κ3) is 2.61. The van der Waals surface area contributed by atoms with Gasteiger partial charge in [0.15, 0.2) is 5.78 Å². The number of carbonyl (C=O) groups excluding carboxylic acids is 1. The fraction of sp³-hybridized carbons (Fsp3) is 0.0526. The van der Waals surface area contributed by atoms with Gasteiger partial charge in [0.25, 0.3) is 0 Å². The highest BCUT2D eigenvalue weighted by atomic mass is 16.3. The molecule has 0 aliphatic carbocycles. The van der Waals surface area contributed by atoms with Crippen molar-refractivity contribution in [2.75, 3.05) is 0 Å². The number of benzene rings is 2. The number of carbonyl (C=O) groups is 1. The Morgan fingerprint density at radius 1 is 0.818 bits per heavy atom. The number of aromatic hydroxyl groups is 1. The van der Waals surface area contributed by atoms with Gasteiger partial charge in [0, 0.05) is 18.1 Å². The van der Waals surface area contributed by atoms with Gasteiger partial charge in [-0.25, -0.2) is 4.98 Å². The van der Waals surface area contributed by atoms with Crippen molar-refractivity contribution >= 4 is 5.78 Å². The zero-order valence-electron chi connectivity index (χ0n) is 12.2. The minimum absolute atomic E-state index is 0.0677. The summed E-state index contributed by atoms with van der Waals surface area (Å²) in [5.74, 6) is 0.152. The summed E-state index contributed by atoms with van der Waals surface area (Å²) in [5, 5.41) is 10.1. The summed E-state index contributed by atoms with van der Waals surface area (Å²) in [6.45, 7) is 1.50. The molecule has 22 heavy (non-hydrogen) atoms. The van der Waals surface area contributed by atoms with Gasteiger partial charge >= 0.3 is 0 Å². The van der Waals surface area contributed by atoms with E-state index in [9.17, 15) is 9.90 Å². The lowest BCUT2D eigenvalue weighted by molar-refractivity contribution is 0.101. The summed E-state index contributed by atoms with van der Waals surface area (Å²) in [6.07, 6.45) is 0. The zero-order chi connectivity index (χ0) is 15.5. The molecular weight excluding hydrogens is 274 g/mol. The average Bonchev–Trinajstić information content (AvgIpc) is 2.55. The maximum absolute atomic E-state index is 11.5. The molecular formula is C19H15NO2. The molecule has 3 aromatic rings. The van der Waals surface area contributed by atoms with Crippen LogP contribution in [0.5, 0.6) is 5.75 Å². The molecule has 0 aliphatic heterocycles. The SMILES string of the molecule is CC(=O)c1cccc(-c2ccccc2-c2ccccc2O)n1. The van der Waals surface area contributed by atoms with Crippen LogP contribution in [0.2, 0.25) is 0 Å². The Morgan fingerprint density at radius 2 is 1.45 bits per heavy atom. The van der Waals surface area contributed by atoms with E-state index in [0.717, 1.165) is 16.7 Å². The van der Waals surface area contributed by atoms with Crippen LogP contribution in [0.4, 0.5) is 0 Å². The molecule has 0 saturated carbocycles.